The number of nitrogens with one attached hydrogen (secondary N) is 2. The Morgan fingerprint density at radius 2 is 2.14 bits per heavy atom. The summed E-state index contributed by atoms with van der Waals surface area (Å²) in [6, 6.07) is 10.4. The predicted octanol–water partition coefficient (Wildman–Crippen LogP) is 1.17. The molecule has 1 aromatic carbocycles. The Morgan fingerprint density at radius 1 is 1.36 bits per heavy atom. The lowest BCUT2D eigenvalue weighted by molar-refractivity contribution is -0.120. The summed E-state index contributed by atoms with van der Waals surface area (Å²) in [7, 11) is 4.05. The van der Waals surface area contributed by atoms with Crippen molar-refractivity contribution in [2.45, 2.75) is 25.0 Å². The number of ether oxygens (including phenoxy) is 1. The normalized spacial score (nSPS) is 19.3. The zero-order chi connectivity index (χ0) is 15.8. The molecule has 1 fully saturated rings. The van der Waals surface area contributed by atoms with Crippen LogP contribution in [0.1, 0.15) is 24.4 Å². The van der Waals surface area contributed by atoms with Crippen LogP contribution in [0.2, 0.25) is 0 Å². The van der Waals surface area contributed by atoms with Gasteiger partial charge in [0.05, 0.1) is 18.7 Å². The first-order valence-electron chi connectivity index (χ1n) is 7.97. The van der Waals surface area contributed by atoms with Crippen molar-refractivity contribution in [1.82, 2.24) is 15.5 Å². The molecule has 0 aromatic heterocycles. The Bertz CT molecular complexity index is 444. The standard InChI is InChI=1S/C17H27N3O2/c1-20(2)16(14-7-4-3-5-8-14)12-19-17(21)13-18-11-15-9-6-10-22-15/h3-5,7-8,15-16,18H,6,9-13H2,1-2H3,(H,19,21). The minimum absolute atomic E-state index is 0.0285. The van der Waals surface area contributed by atoms with Crippen LogP contribution in [0, 0.1) is 0 Å². The Morgan fingerprint density at radius 3 is 2.77 bits per heavy atom. The number of rotatable bonds is 8. The molecule has 1 heterocycles. The molecule has 0 aliphatic carbocycles. The van der Waals surface area contributed by atoms with Gasteiger partial charge in [0, 0.05) is 19.7 Å². The van der Waals surface area contributed by atoms with E-state index in [1.54, 1.807) is 0 Å². The Kier molecular flexibility index (Phi) is 6.83. The van der Waals surface area contributed by atoms with Gasteiger partial charge in [0.1, 0.15) is 0 Å². The summed E-state index contributed by atoms with van der Waals surface area (Å²) >= 11 is 0. The molecule has 1 aromatic rings. The smallest absolute Gasteiger partial charge is 0.234 e. The lowest BCUT2D eigenvalue weighted by atomic mass is 10.1. The van der Waals surface area contributed by atoms with Crippen LogP contribution < -0.4 is 10.6 Å². The molecule has 0 radical (unpaired) electrons. The number of amides is 1. The molecule has 122 valence electrons. The lowest BCUT2D eigenvalue weighted by Crippen LogP contribution is -2.40. The van der Waals surface area contributed by atoms with Gasteiger partial charge in [-0.25, -0.2) is 0 Å². The summed E-state index contributed by atoms with van der Waals surface area (Å²) in [6.45, 7) is 2.55. The van der Waals surface area contributed by atoms with Crippen molar-refractivity contribution in [3.63, 3.8) is 0 Å². The highest BCUT2D eigenvalue weighted by Gasteiger charge is 2.16. The lowest BCUT2D eigenvalue weighted by Gasteiger charge is -2.25. The van der Waals surface area contributed by atoms with Gasteiger partial charge in [-0.2, -0.15) is 0 Å². The first-order valence-corrected chi connectivity index (χ1v) is 7.97. The molecule has 0 saturated carbocycles. The van der Waals surface area contributed by atoms with Gasteiger partial charge in [-0.15, -0.1) is 0 Å². The molecule has 22 heavy (non-hydrogen) atoms. The van der Waals surface area contributed by atoms with E-state index in [4.69, 9.17) is 4.74 Å². The molecule has 1 aliphatic rings. The zero-order valence-electron chi connectivity index (χ0n) is 13.5. The molecule has 2 N–H and O–H groups in total. The largest absolute Gasteiger partial charge is 0.377 e. The number of likely N-dealkylation sites (N-methyl/N-ethyl adjacent to an activating group) is 1. The molecule has 2 atom stereocenters. The quantitative estimate of drug-likeness (QED) is 0.757. The number of nitrogens with zero attached hydrogens (tertiary/aromatic N) is 1. The van der Waals surface area contributed by atoms with Crippen LogP contribution in [-0.2, 0) is 9.53 Å². The molecule has 2 unspecified atom stereocenters. The second kappa shape index (κ2) is 8.88. The molecule has 1 saturated heterocycles. The highest BCUT2D eigenvalue weighted by Crippen LogP contribution is 2.16. The first kappa shape index (κ1) is 16.9. The maximum absolute atomic E-state index is 11.9. The molecule has 1 aliphatic heterocycles. The number of hydrogen-bond donors (Lipinski definition) is 2. The average molecular weight is 305 g/mol. The molecular weight excluding hydrogens is 278 g/mol. The van der Waals surface area contributed by atoms with Crippen LogP contribution >= 0.6 is 0 Å². The molecule has 5 nitrogen and oxygen atoms in total. The van der Waals surface area contributed by atoms with E-state index in [1.165, 1.54) is 5.56 Å². The van der Waals surface area contributed by atoms with E-state index < -0.39 is 0 Å². The van der Waals surface area contributed by atoms with Crippen molar-refractivity contribution in [3.05, 3.63) is 35.9 Å². The van der Waals surface area contributed by atoms with Gasteiger partial charge in [-0.3, -0.25) is 4.79 Å². The van der Waals surface area contributed by atoms with Crippen molar-refractivity contribution in [2.24, 2.45) is 0 Å². The third kappa shape index (κ3) is 5.40. The van der Waals surface area contributed by atoms with Gasteiger partial charge in [-0.05, 0) is 32.5 Å². The van der Waals surface area contributed by atoms with Crippen molar-refractivity contribution in [1.29, 1.82) is 0 Å². The van der Waals surface area contributed by atoms with Crippen LogP contribution in [-0.4, -0.2) is 57.2 Å². The van der Waals surface area contributed by atoms with Crippen LogP contribution in [0.4, 0.5) is 0 Å². The molecule has 2 rings (SSSR count). The number of carbonyl (C=O) groups is 1. The van der Waals surface area contributed by atoms with Gasteiger partial charge in [0.2, 0.25) is 5.91 Å². The summed E-state index contributed by atoms with van der Waals surface area (Å²) in [4.78, 5) is 14.1. The topological polar surface area (TPSA) is 53.6 Å². The molecular formula is C17H27N3O2. The predicted molar refractivity (Wildman–Crippen MR) is 87.7 cm³/mol. The van der Waals surface area contributed by atoms with Crippen LogP contribution in [0.3, 0.4) is 0 Å². The van der Waals surface area contributed by atoms with Crippen LogP contribution in [0.5, 0.6) is 0 Å². The summed E-state index contributed by atoms with van der Waals surface area (Å²) < 4.78 is 5.52. The second-order valence-corrected chi connectivity index (χ2v) is 5.96. The summed E-state index contributed by atoms with van der Waals surface area (Å²) in [6.07, 6.45) is 2.48. The minimum atomic E-state index is 0.0285. The van der Waals surface area contributed by atoms with E-state index in [0.717, 1.165) is 26.0 Å². The first-order chi connectivity index (χ1) is 10.7. The van der Waals surface area contributed by atoms with Crippen LogP contribution in [0.15, 0.2) is 30.3 Å². The van der Waals surface area contributed by atoms with Gasteiger partial charge < -0.3 is 20.3 Å². The second-order valence-electron chi connectivity index (χ2n) is 5.96. The average Bonchev–Trinajstić information content (AvgIpc) is 3.01. The number of carbonyl (C=O) groups excluding carboxylic acids is 1. The summed E-state index contributed by atoms with van der Waals surface area (Å²) in [5, 5.41) is 6.17. The molecule has 0 spiro atoms. The molecule has 1 amide bonds. The van der Waals surface area contributed by atoms with Gasteiger partial charge in [0.15, 0.2) is 0 Å². The van der Waals surface area contributed by atoms with E-state index in [2.05, 4.69) is 27.7 Å². The fraction of sp³-hybridized carbons (Fsp3) is 0.588. The van der Waals surface area contributed by atoms with Gasteiger partial charge >= 0.3 is 0 Å². The van der Waals surface area contributed by atoms with Crippen molar-refractivity contribution < 1.29 is 9.53 Å². The Balaban J connectivity index is 1.71. The van der Waals surface area contributed by atoms with Crippen molar-refractivity contribution >= 4 is 5.91 Å². The summed E-state index contributed by atoms with van der Waals surface area (Å²) in [5.74, 6) is 0.0285. The SMILES string of the molecule is CN(C)C(CNC(=O)CNCC1CCCO1)c1ccccc1. The highest BCUT2D eigenvalue weighted by atomic mass is 16.5. The number of hydrogen-bond acceptors (Lipinski definition) is 4. The minimum Gasteiger partial charge on any atom is -0.377 e. The molecule has 0 bridgehead atoms. The zero-order valence-corrected chi connectivity index (χ0v) is 13.5. The Labute approximate surface area is 133 Å². The van der Waals surface area contributed by atoms with E-state index in [9.17, 15) is 4.79 Å². The summed E-state index contributed by atoms with van der Waals surface area (Å²) in [5.41, 5.74) is 1.21. The molecule has 5 heteroatoms. The van der Waals surface area contributed by atoms with Crippen molar-refractivity contribution in [3.8, 4) is 0 Å². The monoisotopic (exact) mass is 305 g/mol. The maximum atomic E-state index is 11.9. The van der Waals surface area contributed by atoms with E-state index in [0.29, 0.717) is 13.1 Å². The fourth-order valence-corrected chi connectivity index (χ4v) is 2.70. The van der Waals surface area contributed by atoms with Crippen LogP contribution in [0.25, 0.3) is 0 Å². The van der Waals surface area contributed by atoms with Gasteiger partial charge in [-0.1, -0.05) is 30.3 Å². The fourth-order valence-electron chi connectivity index (χ4n) is 2.70. The third-order valence-electron chi connectivity index (χ3n) is 3.98. The van der Waals surface area contributed by atoms with E-state index in [-0.39, 0.29) is 18.1 Å². The Hall–Kier alpha value is -1.43. The van der Waals surface area contributed by atoms with Crippen molar-refractivity contribution in [2.75, 3.05) is 40.3 Å². The van der Waals surface area contributed by atoms with E-state index in [1.807, 2.05) is 32.3 Å². The third-order valence-corrected chi connectivity index (χ3v) is 3.98. The highest BCUT2D eigenvalue weighted by molar-refractivity contribution is 5.78. The van der Waals surface area contributed by atoms with Gasteiger partial charge in [0.25, 0.3) is 0 Å². The maximum Gasteiger partial charge on any atom is 0.234 e. The number of benzene rings is 1. The van der Waals surface area contributed by atoms with E-state index >= 15 is 0 Å².